The number of carbonyl (C=O) groups is 1. The lowest BCUT2D eigenvalue weighted by atomic mass is 10.1. The van der Waals surface area contributed by atoms with Crippen LogP contribution in [-0.2, 0) is 0 Å². The Labute approximate surface area is 101 Å². The van der Waals surface area contributed by atoms with Crippen molar-refractivity contribution in [3.8, 4) is 0 Å². The molecule has 0 amide bonds. The number of alkyl halides is 1. The molecule has 2 nitrogen and oxygen atoms in total. The van der Waals surface area contributed by atoms with E-state index in [1.165, 1.54) is 0 Å². The highest BCUT2D eigenvalue weighted by Crippen LogP contribution is 2.23. The zero-order valence-electron chi connectivity index (χ0n) is 8.67. The average molecular weight is 248 g/mol. The van der Waals surface area contributed by atoms with Crippen molar-refractivity contribution >= 4 is 17.4 Å². The van der Waals surface area contributed by atoms with Crippen LogP contribution in [0.25, 0.3) is 0 Å². The number of hydrogen-bond donors (Lipinski definition) is 1. The van der Waals surface area contributed by atoms with E-state index in [0.717, 1.165) is 24.1 Å². The van der Waals surface area contributed by atoms with Crippen LogP contribution in [0.1, 0.15) is 34.6 Å². The highest BCUT2D eigenvalue weighted by molar-refractivity contribution is 6.20. The van der Waals surface area contributed by atoms with Gasteiger partial charge >= 0.3 is 0 Å². The van der Waals surface area contributed by atoms with Crippen LogP contribution in [0.2, 0.25) is 0 Å². The van der Waals surface area contributed by atoms with Gasteiger partial charge in [-0.1, -0.05) is 24.3 Å². The average Bonchev–Trinajstić information content (AvgIpc) is 2.18. The van der Waals surface area contributed by atoms with E-state index in [-0.39, 0.29) is 23.6 Å². The summed E-state index contributed by atoms with van der Waals surface area (Å²) in [6, 6.07) is 7.44. The molecule has 0 saturated heterocycles. The van der Waals surface area contributed by atoms with Crippen molar-refractivity contribution in [2.45, 2.75) is 18.7 Å². The maximum Gasteiger partial charge on any atom is 0.159 e. The number of halogens is 2. The first kappa shape index (κ1) is 14.4. The van der Waals surface area contributed by atoms with Crippen LogP contribution in [0, 0.1) is 0 Å². The second kappa shape index (κ2) is 6.83. The highest BCUT2D eigenvalue weighted by atomic mass is 35.5. The van der Waals surface area contributed by atoms with Gasteiger partial charge in [0, 0.05) is 12.0 Å². The van der Waals surface area contributed by atoms with Crippen LogP contribution in [-0.4, -0.2) is 12.3 Å². The Morgan fingerprint density at radius 3 is 2.33 bits per heavy atom. The van der Waals surface area contributed by atoms with Gasteiger partial charge in [-0.25, -0.2) is 0 Å². The van der Waals surface area contributed by atoms with Crippen molar-refractivity contribution in [3.63, 3.8) is 0 Å². The third-order valence-electron chi connectivity index (χ3n) is 2.14. The van der Waals surface area contributed by atoms with Crippen molar-refractivity contribution in [1.29, 1.82) is 0 Å². The summed E-state index contributed by atoms with van der Waals surface area (Å²) in [7, 11) is 0. The Balaban J connectivity index is 0.00000196. The molecule has 0 fully saturated rings. The van der Waals surface area contributed by atoms with Gasteiger partial charge in [-0.3, -0.25) is 4.79 Å². The van der Waals surface area contributed by atoms with Crippen LogP contribution in [0.5, 0.6) is 0 Å². The van der Waals surface area contributed by atoms with Gasteiger partial charge in [0.25, 0.3) is 0 Å². The first-order valence-corrected chi connectivity index (χ1v) is 5.13. The lowest BCUT2D eigenvalue weighted by Crippen LogP contribution is -3.00. The van der Waals surface area contributed by atoms with Crippen molar-refractivity contribution in [3.05, 3.63) is 35.4 Å². The molecule has 0 spiro atoms. The fraction of sp³-hybridized carbons (Fsp3) is 0.364. The van der Waals surface area contributed by atoms with Crippen LogP contribution < -0.4 is 18.1 Å². The van der Waals surface area contributed by atoms with E-state index in [1.54, 1.807) is 6.92 Å². The fourth-order valence-electron chi connectivity index (χ4n) is 1.27. The monoisotopic (exact) mass is 247 g/mol. The van der Waals surface area contributed by atoms with Crippen LogP contribution in [0.3, 0.4) is 0 Å². The molecule has 1 atom stereocenters. The molecule has 15 heavy (non-hydrogen) atoms. The highest BCUT2D eigenvalue weighted by Gasteiger charge is 2.07. The SMILES string of the molecule is CC(=O)c1ccc(C(Cl)CC[NH3+])cc1.[Cl-]. The van der Waals surface area contributed by atoms with Gasteiger partial charge in [0.1, 0.15) is 0 Å². The standard InChI is InChI=1S/C11H14ClNO.ClH/c1-8(14)9-2-4-10(5-3-9)11(12)6-7-13;/h2-5,11H,6-7,13H2,1H3;1H. The molecule has 0 heterocycles. The van der Waals surface area contributed by atoms with E-state index < -0.39 is 0 Å². The summed E-state index contributed by atoms with van der Waals surface area (Å²) in [5.74, 6) is 0.0832. The molecule has 84 valence electrons. The lowest BCUT2D eigenvalue weighted by molar-refractivity contribution is -0.368. The maximum absolute atomic E-state index is 11.0. The van der Waals surface area contributed by atoms with E-state index in [0.29, 0.717) is 0 Å². The van der Waals surface area contributed by atoms with Gasteiger partial charge in [-0.15, -0.1) is 11.6 Å². The maximum atomic E-state index is 11.0. The topological polar surface area (TPSA) is 44.7 Å². The Hall–Kier alpha value is -0.570. The normalized spacial score (nSPS) is 11.7. The number of hydrogen-bond acceptors (Lipinski definition) is 1. The summed E-state index contributed by atoms with van der Waals surface area (Å²) < 4.78 is 0. The Kier molecular flexibility index (Phi) is 6.57. The van der Waals surface area contributed by atoms with Crippen LogP contribution >= 0.6 is 11.6 Å². The molecule has 1 unspecified atom stereocenters. The molecule has 1 rings (SSSR count). The van der Waals surface area contributed by atoms with Crippen LogP contribution in [0.4, 0.5) is 0 Å². The molecule has 0 saturated carbocycles. The predicted octanol–water partition coefficient (Wildman–Crippen LogP) is -1.19. The molecule has 0 aliphatic rings. The predicted molar refractivity (Wildman–Crippen MR) is 57.4 cm³/mol. The van der Waals surface area contributed by atoms with Gasteiger partial charge in [0.15, 0.2) is 5.78 Å². The number of rotatable bonds is 4. The summed E-state index contributed by atoms with van der Waals surface area (Å²) in [4.78, 5) is 11.0. The summed E-state index contributed by atoms with van der Waals surface area (Å²) >= 11 is 6.11. The van der Waals surface area contributed by atoms with Crippen LogP contribution in [0.15, 0.2) is 24.3 Å². The number of ketones is 1. The summed E-state index contributed by atoms with van der Waals surface area (Å²) in [5.41, 5.74) is 5.54. The molecule has 1 aromatic carbocycles. The molecule has 0 aliphatic carbocycles. The minimum Gasteiger partial charge on any atom is -1.00 e. The third-order valence-corrected chi connectivity index (χ3v) is 2.61. The number of Topliss-reactive ketones (excluding diaryl/α,β-unsaturated/α-hetero) is 1. The summed E-state index contributed by atoms with van der Waals surface area (Å²) in [6.45, 7) is 2.38. The van der Waals surface area contributed by atoms with E-state index in [2.05, 4.69) is 5.73 Å². The molecular weight excluding hydrogens is 233 g/mol. The Bertz CT molecular complexity index is 311. The summed E-state index contributed by atoms with van der Waals surface area (Å²) in [5, 5.41) is 0.00788. The Morgan fingerprint density at radius 1 is 1.40 bits per heavy atom. The zero-order chi connectivity index (χ0) is 10.6. The number of quaternary nitrogens is 1. The molecule has 0 aliphatic heterocycles. The van der Waals surface area contributed by atoms with E-state index in [1.807, 2.05) is 24.3 Å². The Morgan fingerprint density at radius 2 is 1.93 bits per heavy atom. The fourth-order valence-corrected chi connectivity index (χ4v) is 1.57. The number of benzene rings is 1. The van der Waals surface area contributed by atoms with Gasteiger partial charge in [-0.2, -0.15) is 0 Å². The molecular formula is C11H15Cl2NO. The second-order valence-electron chi connectivity index (χ2n) is 3.29. The van der Waals surface area contributed by atoms with Gasteiger partial charge in [0.05, 0.1) is 11.9 Å². The van der Waals surface area contributed by atoms with E-state index in [4.69, 9.17) is 11.6 Å². The first-order chi connectivity index (χ1) is 6.65. The van der Waals surface area contributed by atoms with E-state index >= 15 is 0 Å². The number of carbonyl (C=O) groups excluding carboxylic acids is 1. The molecule has 0 aromatic heterocycles. The van der Waals surface area contributed by atoms with E-state index in [9.17, 15) is 4.79 Å². The van der Waals surface area contributed by atoms with Gasteiger partial charge in [0.2, 0.25) is 0 Å². The summed E-state index contributed by atoms with van der Waals surface area (Å²) in [6.07, 6.45) is 0.862. The van der Waals surface area contributed by atoms with Crippen molar-refractivity contribution in [2.75, 3.05) is 6.54 Å². The van der Waals surface area contributed by atoms with Gasteiger partial charge in [-0.05, 0) is 12.5 Å². The minimum atomic E-state index is 0. The van der Waals surface area contributed by atoms with Crippen molar-refractivity contribution in [1.82, 2.24) is 0 Å². The molecule has 1 aromatic rings. The largest absolute Gasteiger partial charge is 1.00 e. The van der Waals surface area contributed by atoms with Crippen molar-refractivity contribution in [2.24, 2.45) is 0 Å². The van der Waals surface area contributed by atoms with Crippen molar-refractivity contribution < 1.29 is 22.9 Å². The molecule has 3 N–H and O–H groups in total. The quantitative estimate of drug-likeness (QED) is 0.528. The third kappa shape index (κ3) is 4.20. The zero-order valence-corrected chi connectivity index (χ0v) is 10.2. The minimum absolute atomic E-state index is 0. The van der Waals surface area contributed by atoms with Gasteiger partial charge < -0.3 is 18.1 Å². The second-order valence-corrected chi connectivity index (χ2v) is 3.81. The molecule has 4 heteroatoms. The first-order valence-electron chi connectivity index (χ1n) is 4.69. The molecule has 0 radical (unpaired) electrons. The lowest BCUT2D eigenvalue weighted by Gasteiger charge is -2.07. The smallest absolute Gasteiger partial charge is 0.159 e. The molecule has 0 bridgehead atoms.